The van der Waals surface area contributed by atoms with Crippen LogP contribution in [0.5, 0.6) is 0 Å². The van der Waals surface area contributed by atoms with Crippen molar-refractivity contribution in [1.82, 2.24) is 16.0 Å². The summed E-state index contributed by atoms with van der Waals surface area (Å²) in [5.74, 6) is -5.11. The van der Waals surface area contributed by atoms with Crippen molar-refractivity contribution in [2.24, 2.45) is 5.73 Å². The average molecular weight is 376 g/mol. The standard InChI is InChI=1S/C14H24N4O8/c1-6(15)12(24)17-8(3-4-9(20)21)13(25)18-11(7(2)19)14(26)16-5-10(22)23/h6-8,11,19H,3-5,15H2,1-2H3,(H,16,26)(H,17,24)(H,18,25)(H,20,21)(H,22,23). The number of aliphatic carboxylic acids is 2. The molecule has 0 fully saturated rings. The molecule has 8 N–H and O–H groups in total. The number of amides is 3. The molecule has 3 amide bonds. The van der Waals surface area contributed by atoms with Crippen LogP contribution >= 0.6 is 0 Å². The Balaban J connectivity index is 5.12. The Kier molecular flexibility index (Phi) is 9.84. The van der Waals surface area contributed by atoms with Gasteiger partial charge < -0.3 is 37.0 Å². The third-order valence-electron chi connectivity index (χ3n) is 3.17. The maximum absolute atomic E-state index is 12.3. The van der Waals surface area contributed by atoms with E-state index >= 15 is 0 Å². The van der Waals surface area contributed by atoms with Gasteiger partial charge in [0, 0.05) is 6.42 Å². The van der Waals surface area contributed by atoms with E-state index in [0.29, 0.717) is 0 Å². The highest BCUT2D eigenvalue weighted by Crippen LogP contribution is 2.02. The molecule has 0 saturated carbocycles. The van der Waals surface area contributed by atoms with E-state index in [4.69, 9.17) is 15.9 Å². The summed E-state index contributed by atoms with van der Waals surface area (Å²) in [4.78, 5) is 57.1. The van der Waals surface area contributed by atoms with Crippen molar-refractivity contribution >= 4 is 29.7 Å². The van der Waals surface area contributed by atoms with Gasteiger partial charge in [0.25, 0.3) is 0 Å². The molecule has 0 radical (unpaired) electrons. The molecule has 0 aromatic heterocycles. The number of aliphatic hydroxyl groups excluding tert-OH is 1. The molecule has 0 aromatic carbocycles. The first-order valence-electron chi connectivity index (χ1n) is 7.71. The van der Waals surface area contributed by atoms with Crippen molar-refractivity contribution in [2.45, 2.75) is 50.9 Å². The highest BCUT2D eigenvalue weighted by atomic mass is 16.4. The van der Waals surface area contributed by atoms with E-state index in [1.54, 1.807) is 0 Å². The summed E-state index contributed by atoms with van der Waals surface area (Å²) in [5, 5.41) is 33.4. The van der Waals surface area contributed by atoms with E-state index in [2.05, 4.69) is 10.6 Å². The Morgan fingerprint density at radius 2 is 1.50 bits per heavy atom. The normalized spacial score (nSPS) is 15.1. The molecule has 0 aliphatic carbocycles. The quantitative estimate of drug-likeness (QED) is 0.193. The fourth-order valence-electron chi connectivity index (χ4n) is 1.77. The number of aliphatic hydroxyl groups is 1. The summed E-state index contributed by atoms with van der Waals surface area (Å²) >= 11 is 0. The van der Waals surface area contributed by atoms with E-state index in [0.717, 1.165) is 0 Å². The maximum atomic E-state index is 12.3. The van der Waals surface area contributed by atoms with Gasteiger partial charge in [0.15, 0.2) is 0 Å². The van der Waals surface area contributed by atoms with Crippen LogP contribution in [0.2, 0.25) is 0 Å². The minimum atomic E-state index is -1.50. The zero-order valence-corrected chi connectivity index (χ0v) is 14.4. The van der Waals surface area contributed by atoms with Crippen LogP contribution in [0.25, 0.3) is 0 Å². The Morgan fingerprint density at radius 3 is 1.92 bits per heavy atom. The molecule has 0 aliphatic heterocycles. The lowest BCUT2D eigenvalue weighted by molar-refractivity contribution is -0.139. The van der Waals surface area contributed by atoms with Gasteiger partial charge in [-0.25, -0.2) is 0 Å². The monoisotopic (exact) mass is 376 g/mol. The lowest BCUT2D eigenvalue weighted by atomic mass is 10.1. The molecular weight excluding hydrogens is 352 g/mol. The molecule has 0 aromatic rings. The van der Waals surface area contributed by atoms with Crippen LogP contribution in [-0.4, -0.2) is 75.8 Å². The Labute approximate surface area is 149 Å². The lowest BCUT2D eigenvalue weighted by Gasteiger charge is -2.24. The molecule has 12 heteroatoms. The third-order valence-corrected chi connectivity index (χ3v) is 3.17. The minimum absolute atomic E-state index is 0.275. The van der Waals surface area contributed by atoms with Crippen molar-refractivity contribution in [1.29, 1.82) is 0 Å². The van der Waals surface area contributed by atoms with Gasteiger partial charge in [-0.3, -0.25) is 24.0 Å². The van der Waals surface area contributed by atoms with E-state index in [-0.39, 0.29) is 6.42 Å². The zero-order chi connectivity index (χ0) is 20.4. The van der Waals surface area contributed by atoms with Crippen LogP contribution in [0, 0.1) is 0 Å². The molecule has 4 unspecified atom stereocenters. The topological polar surface area (TPSA) is 208 Å². The Bertz CT molecular complexity index is 549. The first-order chi connectivity index (χ1) is 12.0. The number of carbonyl (C=O) groups is 5. The SMILES string of the molecule is CC(N)C(=O)NC(CCC(=O)O)C(=O)NC(C(=O)NCC(=O)O)C(C)O. The van der Waals surface area contributed by atoms with Crippen molar-refractivity contribution in [3.8, 4) is 0 Å². The fourth-order valence-corrected chi connectivity index (χ4v) is 1.77. The summed E-state index contributed by atoms with van der Waals surface area (Å²) < 4.78 is 0. The fraction of sp³-hybridized carbons (Fsp3) is 0.643. The smallest absolute Gasteiger partial charge is 0.322 e. The number of nitrogens with one attached hydrogen (secondary N) is 3. The molecule has 26 heavy (non-hydrogen) atoms. The van der Waals surface area contributed by atoms with Crippen LogP contribution in [-0.2, 0) is 24.0 Å². The van der Waals surface area contributed by atoms with Gasteiger partial charge in [0.2, 0.25) is 17.7 Å². The summed E-state index contributed by atoms with van der Waals surface area (Å²) in [6.07, 6.45) is -2.10. The van der Waals surface area contributed by atoms with Crippen LogP contribution in [0.1, 0.15) is 26.7 Å². The molecule has 12 nitrogen and oxygen atoms in total. The highest BCUT2D eigenvalue weighted by molar-refractivity contribution is 5.94. The van der Waals surface area contributed by atoms with Gasteiger partial charge in [-0.1, -0.05) is 0 Å². The highest BCUT2D eigenvalue weighted by Gasteiger charge is 2.30. The Morgan fingerprint density at radius 1 is 0.923 bits per heavy atom. The predicted octanol–water partition coefficient (Wildman–Crippen LogP) is -3.25. The van der Waals surface area contributed by atoms with Gasteiger partial charge in [-0.05, 0) is 20.3 Å². The van der Waals surface area contributed by atoms with Crippen molar-refractivity contribution in [3.63, 3.8) is 0 Å². The van der Waals surface area contributed by atoms with Crippen LogP contribution in [0.4, 0.5) is 0 Å². The third kappa shape index (κ3) is 8.94. The van der Waals surface area contributed by atoms with Gasteiger partial charge in [-0.15, -0.1) is 0 Å². The minimum Gasteiger partial charge on any atom is -0.481 e. The molecule has 0 saturated heterocycles. The molecule has 4 atom stereocenters. The van der Waals surface area contributed by atoms with Crippen LogP contribution in [0.3, 0.4) is 0 Å². The number of carbonyl (C=O) groups excluding carboxylic acids is 3. The number of hydrogen-bond acceptors (Lipinski definition) is 7. The molecule has 0 aliphatic rings. The van der Waals surface area contributed by atoms with Crippen molar-refractivity contribution in [3.05, 3.63) is 0 Å². The average Bonchev–Trinajstić information content (AvgIpc) is 2.52. The number of hydrogen-bond donors (Lipinski definition) is 7. The first kappa shape index (κ1) is 23.3. The summed E-state index contributed by atoms with van der Waals surface area (Å²) in [6.45, 7) is 1.83. The Hall–Kier alpha value is -2.73. The summed E-state index contributed by atoms with van der Waals surface area (Å²) in [5.41, 5.74) is 5.39. The number of carboxylic acid groups (broad SMARTS) is 2. The number of rotatable bonds is 11. The maximum Gasteiger partial charge on any atom is 0.322 e. The van der Waals surface area contributed by atoms with E-state index in [1.807, 2.05) is 5.32 Å². The van der Waals surface area contributed by atoms with E-state index in [9.17, 15) is 29.1 Å². The summed E-state index contributed by atoms with van der Waals surface area (Å²) in [7, 11) is 0. The second kappa shape index (κ2) is 11.0. The van der Waals surface area contributed by atoms with E-state index < -0.39 is 66.9 Å². The van der Waals surface area contributed by atoms with Crippen molar-refractivity contribution in [2.75, 3.05) is 6.54 Å². The van der Waals surface area contributed by atoms with Gasteiger partial charge >= 0.3 is 11.9 Å². The lowest BCUT2D eigenvalue weighted by Crippen LogP contribution is -2.58. The molecule has 0 rings (SSSR count). The number of carboxylic acids is 2. The summed E-state index contributed by atoms with van der Waals surface area (Å²) in [6, 6.07) is -3.76. The molecule has 0 spiro atoms. The first-order valence-corrected chi connectivity index (χ1v) is 7.71. The molecule has 0 heterocycles. The zero-order valence-electron chi connectivity index (χ0n) is 14.4. The predicted molar refractivity (Wildman–Crippen MR) is 86.7 cm³/mol. The molecular formula is C14H24N4O8. The largest absolute Gasteiger partial charge is 0.481 e. The second-order valence-corrected chi connectivity index (χ2v) is 5.62. The van der Waals surface area contributed by atoms with Crippen LogP contribution in [0.15, 0.2) is 0 Å². The van der Waals surface area contributed by atoms with Gasteiger partial charge in [0.05, 0.1) is 12.1 Å². The number of nitrogens with two attached hydrogens (primary N) is 1. The van der Waals surface area contributed by atoms with Gasteiger partial charge in [-0.2, -0.15) is 0 Å². The molecule has 0 bridgehead atoms. The van der Waals surface area contributed by atoms with Crippen LogP contribution < -0.4 is 21.7 Å². The second-order valence-electron chi connectivity index (χ2n) is 5.62. The van der Waals surface area contributed by atoms with Gasteiger partial charge in [0.1, 0.15) is 18.6 Å². The van der Waals surface area contributed by atoms with E-state index in [1.165, 1.54) is 13.8 Å². The molecule has 148 valence electrons. The van der Waals surface area contributed by atoms with Crippen molar-refractivity contribution < 1.29 is 39.3 Å².